The number of H-pyrrole nitrogens is 1. The first-order valence-corrected chi connectivity index (χ1v) is 7.07. The molecule has 0 aromatic carbocycles. The summed E-state index contributed by atoms with van der Waals surface area (Å²) in [5.41, 5.74) is 1.70. The van der Waals surface area contributed by atoms with Crippen LogP contribution in [-0.2, 0) is 0 Å². The molecule has 2 heterocycles. The molecule has 1 fully saturated rings. The molecule has 1 atom stereocenters. The van der Waals surface area contributed by atoms with E-state index in [1.807, 2.05) is 0 Å². The van der Waals surface area contributed by atoms with Gasteiger partial charge in [-0.15, -0.1) is 0 Å². The van der Waals surface area contributed by atoms with Gasteiger partial charge in [0.1, 0.15) is 5.52 Å². The highest BCUT2D eigenvalue weighted by molar-refractivity contribution is 6.28. The predicted molar refractivity (Wildman–Crippen MR) is 76.4 cm³/mol. The number of hydrogen-bond acceptors (Lipinski definition) is 4. The lowest BCUT2D eigenvalue weighted by Gasteiger charge is -2.39. The maximum atomic E-state index is 5.95. The fraction of sp³-hybridized carbons (Fsp3) is 0.615. The van der Waals surface area contributed by atoms with Crippen molar-refractivity contribution in [2.24, 2.45) is 5.41 Å². The van der Waals surface area contributed by atoms with Crippen molar-refractivity contribution in [1.29, 1.82) is 0 Å². The molecule has 102 valence electrons. The first-order valence-electron chi connectivity index (χ1n) is 6.69. The van der Waals surface area contributed by atoms with Crippen LogP contribution in [0.2, 0.25) is 5.28 Å². The van der Waals surface area contributed by atoms with E-state index < -0.39 is 0 Å². The number of aromatic nitrogens is 4. The Morgan fingerprint density at radius 1 is 1.37 bits per heavy atom. The number of nitrogens with zero attached hydrogens (tertiary/aromatic N) is 3. The van der Waals surface area contributed by atoms with E-state index in [1.54, 1.807) is 6.33 Å². The van der Waals surface area contributed by atoms with Crippen LogP contribution in [-0.4, -0.2) is 26.0 Å². The summed E-state index contributed by atoms with van der Waals surface area (Å²) in [5, 5.41) is 3.77. The van der Waals surface area contributed by atoms with E-state index in [0.717, 1.165) is 17.8 Å². The topological polar surface area (TPSA) is 66.5 Å². The summed E-state index contributed by atoms with van der Waals surface area (Å²) < 4.78 is 0. The van der Waals surface area contributed by atoms with Gasteiger partial charge in [0.25, 0.3) is 0 Å². The molecule has 0 saturated heterocycles. The van der Waals surface area contributed by atoms with Gasteiger partial charge >= 0.3 is 0 Å². The molecule has 2 N–H and O–H groups in total. The van der Waals surface area contributed by atoms with Crippen molar-refractivity contribution < 1.29 is 0 Å². The molecule has 1 aliphatic rings. The number of hydrogen-bond donors (Lipinski definition) is 2. The van der Waals surface area contributed by atoms with Gasteiger partial charge in [0.05, 0.1) is 6.33 Å². The van der Waals surface area contributed by atoms with E-state index in [4.69, 9.17) is 11.6 Å². The minimum absolute atomic E-state index is 0.232. The molecule has 3 rings (SSSR count). The van der Waals surface area contributed by atoms with Crippen LogP contribution in [0.25, 0.3) is 11.2 Å². The summed E-state index contributed by atoms with van der Waals surface area (Å²) in [6.45, 7) is 4.60. The van der Waals surface area contributed by atoms with Gasteiger partial charge in [-0.3, -0.25) is 0 Å². The van der Waals surface area contributed by atoms with Crippen molar-refractivity contribution in [3.8, 4) is 0 Å². The molecular weight excluding hydrogens is 262 g/mol. The molecule has 0 aliphatic heterocycles. The van der Waals surface area contributed by atoms with Crippen LogP contribution in [0, 0.1) is 5.41 Å². The summed E-state index contributed by atoms with van der Waals surface area (Å²) in [7, 11) is 0. The SMILES string of the molecule is CC1(C)CCCCC1Nc1nc(Cl)nc2nc[nH]c12. The molecule has 0 amide bonds. The van der Waals surface area contributed by atoms with E-state index in [9.17, 15) is 0 Å². The summed E-state index contributed by atoms with van der Waals surface area (Å²) >= 11 is 5.95. The predicted octanol–water partition coefficient (Wildman–Crippen LogP) is 3.39. The third-order valence-corrected chi connectivity index (χ3v) is 4.25. The molecule has 0 spiro atoms. The highest BCUT2D eigenvalue weighted by atomic mass is 35.5. The van der Waals surface area contributed by atoms with E-state index in [0.29, 0.717) is 11.7 Å². The van der Waals surface area contributed by atoms with Crippen molar-refractivity contribution in [1.82, 2.24) is 19.9 Å². The fourth-order valence-electron chi connectivity index (χ4n) is 2.84. The van der Waals surface area contributed by atoms with Crippen LogP contribution < -0.4 is 5.32 Å². The first kappa shape index (κ1) is 12.7. The van der Waals surface area contributed by atoms with Gasteiger partial charge < -0.3 is 10.3 Å². The second kappa shape index (κ2) is 4.63. The second-order valence-electron chi connectivity index (χ2n) is 5.87. The lowest BCUT2D eigenvalue weighted by Crippen LogP contribution is -2.39. The van der Waals surface area contributed by atoms with Crippen molar-refractivity contribution >= 4 is 28.6 Å². The number of fused-ring (bicyclic) bond motifs is 1. The Kier molecular flexibility index (Phi) is 3.09. The highest BCUT2D eigenvalue weighted by Crippen LogP contribution is 2.37. The zero-order chi connectivity index (χ0) is 13.5. The molecule has 2 aromatic heterocycles. The summed E-state index contributed by atoms with van der Waals surface area (Å²) in [4.78, 5) is 15.6. The fourth-order valence-corrected chi connectivity index (χ4v) is 3.00. The van der Waals surface area contributed by atoms with Gasteiger partial charge in [-0.05, 0) is 29.9 Å². The number of anilines is 1. The molecule has 5 nitrogen and oxygen atoms in total. The van der Waals surface area contributed by atoms with Crippen LogP contribution in [0.1, 0.15) is 39.5 Å². The third-order valence-electron chi connectivity index (χ3n) is 4.08. The molecular formula is C13H18ClN5. The highest BCUT2D eigenvalue weighted by Gasteiger charge is 2.32. The molecule has 1 saturated carbocycles. The monoisotopic (exact) mass is 279 g/mol. The zero-order valence-electron chi connectivity index (χ0n) is 11.2. The molecule has 0 radical (unpaired) electrons. The van der Waals surface area contributed by atoms with E-state index >= 15 is 0 Å². The molecule has 1 aliphatic carbocycles. The lowest BCUT2D eigenvalue weighted by molar-refractivity contribution is 0.217. The van der Waals surface area contributed by atoms with Crippen LogP contribution in [0.4, 0.5) is 5.82 Å². The van der Waals surface area contributed by atoms with Crippen LogP contribution in [0.5, 0.6) is 0 Å². The van der Waals surface area contributed by atoms with E-state index in [1.165, 1.54) is 19.3 Å². The Morgan fingerprint density at radius 3 is 3.00 bits per heavy atom. The van der Waals surface area contributed by atoms with Crippen LogP contribution in [0.3, 0.4) is 0 Å². The first-order chi connectivity index (χ1) is 9.06. The smallest absolute Gasteiger partial charge is 0.226 e. The summed E-state index contributed by atoms with van der Waals surface area (Å²) in [6.07, 6.45) is 6.56. The largest absolute Gasteiger partial charge is 0.365 e. The van der Waals surface area contributed by atoms with Crippen molar-refractivity contribution in [2.45, 2.75) is 45.6 Å². The Morgan fingerprint density at radius 2 is 2.21 bits per heavy atom. The molecule has 2 aromatic rings. The number of halogens is 1. The van der Waals surface area contributed by atoms with E-state index in [-0.39, 0.29) is 10.7 Å². The third kappa shape index (κ3) is 2.39. The van der Waals surface area contributed by atoms with Crippen LogP contribution in [0.15, 0.2) is 6.33 Å². The molecule has 1 unspecified atom stereocenters. The Bertz CT molecular complexity index is 592. The maximum Gasteiger partial charge on any atom is 0.226 e. The number of nitrogens with one attached hydrogen (secondary N) is 2. The standard InChI is InChI=1S/C13H18ClN5/c1-13(2)6-4-3-5-8(13)17-11-9-10(16-7-15-9)18-12(14)19-11/h7-8H,3-6H2,1-2H3,(H2,15,16,17,18,19). The lowest BCUT2D eigenvalue weighted by atomic mass is 9.73. The average Bonchev–Trinajstić information content (AvgIpc) is 2.79. The summed E-state index contributed by atoms with van der Waals surface area (Å²) in [5.74, 6) is 0.757. The van der Waals surface area contributed by atoms with Gasteiger partial charge in [0.15, 0.2) is 11.5 Å². The minimum atomic E-state index is 0.232. The van der Waals surface area contributed by atoms with Gasteiger partial charge in [0, 0.05) is 6.04 Å². The summed E-state index contributed by atoms with van der Waals surface area (Å²) in [6, 6.07) is 0.402. The minimum Gasteiger partial charge on any atom is -0.365 e. The quantitative estimate of drug-likeness (QED) is 0.827. The van der Waals surface area contributed by atoms with Gasteiger partial charge in [-0.1, -0.05) is 26.7 Å². The van der Waals surface area contributed by atoms with Crippen molar-refractivity contribution in [2.75, 3.05) is 5.32 Å². The van der Waals surface area contributed by atoms with Crippen molar-refractivity contribution in [3.63, 3.8) is 0 Å². The molecule has 6 heteroatoms. The molecule has 0 bridgehead atoms. The Hall–Kier alpha value is -1.36. The van der Waals surface area contributed by atoms with Gasteiger partial charge in [0.2, 0.25) is 5.28 Å². The van der Waals surface area contributed by atoms with Crippen LogP contribution >= 0.6 is 11.6 Å². The maximum absolute atomic E-state index is 5.95. The second-order valence-corrected chi connectivity index (χ2v) is 6.21. The number of rotatable bonds is 2. The zero-order valence-corrected chi connectivity index (χ0v) is 12.0. The van der Waals surface area contributed by atoms with Crippen molar-refractivity contribution in [3.05, 3.63) is 11.6 Å². The average molecular weight is 280 g/mol. The number of aromatic amines is 1. The normalized spacial score (nSPS) is 22.6. The van der Waals surface area contributed by atoms with E-state index in [2.05, 4.69) is 39.1 Å². The molecule has 19 heavy (non-hydrogen) atoms. The Balaban J connectivity index is 1.94. The van der Waals surface area contributed by atoms with Gasteiger partial charge in [-0.25, -0.2) is 4.98 Å². The number of imidazole rings is 1. The van der Waals surface area contributed by atoms with Gasteiger partial charge in [-0.2, -0.15) is 9.97 Å². The Labute approximate surface area is 117 Å².